The Kier molecular flexibility index (Phi) is 1.36. The summed E-state index contributed by atoms with van der Waals surface area (Å²) in [5.41, 5.74) is 7.56. The summed E-state index contributed by atoms with van der Waals surface area (Å²) in [6, 6.07) is 5.92. The summed E-state index contributed by atoms with van der Waals surface area (Å²) in [7, 11) is 0. The molecule has 0 aliphatic rings. The molecule has 0 atom stereocenters. The summed E-state index contributed by atoms with van der Waals surface area (Å²) in [5, 5.41) is 0. The number of hydrogen-bond donors (Lipinski definition) is 1. The van der Waals surface area contributed by atoms with Gasteiger partial charge in [0.2, 0.25) is 0 Å². The number of imidazole rings is 1. The minimum atomic E-state index is 0.549. The van der Waals surface area contributed by atoms with Gasteiger partial charge >= 0.3 is 0 Å². The molecule has 2 N–H and O–H groups in total. The molecule has 11 heavy (non-hydrogen) atoms. The van der Waals surface area contributed by atoms with E-state index < -0.39 is 0 Å². The van der Waals surface area contributed by atoms with Crippen LogP contribution >= 0.6 is 0 Å². The minimum Gasteiger partial charge on any atom is -0.325 e. The van der Waals surface area contributed by atoms with E-state index in [0.717, 1.165) is 11.3 Å². The predicted molar refractivity (Wildman–Crippen MR) is 43.1 cm³/mol. The van der Waals surface area contributed by atoms with Gasteiger partial charge in [0.15, 0.2) is 0 Å². The van der Waals surface area contributed by atoms with E-state index in [0.29, 0.717) is 6.54 Å². The SMILES string of the molecule is NCc1cccc2nccn12. The molecule has 0 saturated heterocycles. The third kappa shape index (κ3) is 0.897. The van der Waals surface area contributed by atoms with Crippen LogP contribution in [0.3, 0.4) is 0 Å². The van der Waals surface area contributed by atoms with E-state index in [1.165, 1.54) is 0 Å². The maximum atomic E-state index is 5.53. The van der Waals surface area contributed by atoms with Gasteiger partial charge in [0.05, 0.1) is 0 Å². The molecule has 2 aromatic rings. The van der Waals surface area contributed by atoms with Crippen LogP contribution in [0.5, 0.6) is 0 Å². The molecule has 0 bridgehead atoms. The minimum absolute atomic E-state index is 0.549. The largest absolute Gasteiger partial charge is 0.325 e. The number of nitrogens with two attached hydrogens (primary N) is 1. The fraction of sp³-hybridized carbons (Fsp3) is 0.125. The molecule has 0 fully saturated rings. The van der Waals surface area contributed by atoms with Gasteiger partial charge in [-0.3, -0.25) is 0 Å². The lowest BCUT2D eigenvalue weighted by molar-refractivity contribution is 0.946. The molecule has 0 saturated carbocycles. The number of nitrogens with zero attached hydrogens (tertiary/aromatic N) is 2. The molecule has 2 aromatic heterocycles. The average Bonchev–Trinajstić information content (AvgIpc) is 2.50. The normalized spacial score (nSPS) is 10.6. The lowest BCUT2D eigenvalue weighted by atomic mass is 10.3. The Morgan fingerprint density at radius 1 is 1.45 bits per heavy atom. The maximum Gasteiger partial charge on any atom is 0.136 e. The van der Waals surface area contributed by atoms with Gasteiger partial charge in [-0.25, -0.2) is 4.98 Å². The highest BCUT2D eigenvalue weighted by molar-refractivity contribution is 5.39. The van der Waals surface area contributed by atoms with Gasteiger partial charge in [-0.1, -0.05) is 6.07 Å². The summed E-state index contributed by atoms with van der Waals surface area (Å²) in [5.74, 6) is 0. The Morgan fingerprint density at radius 2 is 2.36 bits per heavy atom. The van der Waals surface area contributed by atoms with Crippen molar-refractivity contribution in [2.45, 2.75) is 6.54 Å². The summed E-state index contributed by atoms with van der Waals surface area (Å²) in [6.07, 6.45) is 3.69. The molecule has 0 aliphatic heterocycles. The molecule has 0 spiro atoms. The van der Waals surface area contributed by atoms with Crippen LogP contribution in [0.25, 0.3) is 5.65 Å². The van der Waals surface area contributed by atoms with Crippen molar-refractivity contribution in [3.63, 3.8) is 0 Å². The van der Waals surface area contributed by atoms with Gasteiger partial charge in [0, 0.05) is 24.6 Å². The van der Waals surface area contributed by atoms with E-state index in [1.807, 2.05) is 28.8 Å². The molecule has 56 valence electrons. The maximum absolute atomic E-state index is 5.53. The molecular formula is C8H9N3. The second kappa shape index (κ2) is 2.36. The van der Waals surface area contributed by atoms with Gasteiger partial charge in [-0.2, -0.15) is 0 Å². The van der Waals surface area contributed by atoms with Crippen molar-refractivity contribution in [1.29, 1.82) is 0 Å². The molecule has 0 radical (unpaired) electrons. The fourth-order valence-corrected chi connectivity index (χ4v) is 1.17. The predicted octanol–water partition coefficient (Wildman–Crippen LogP) is 0.793. The Balaban J connectivity index is 2.79. The molecule has 0 unspecified atom stereocenters. The highest BCUT2D eigenvalue weighted by atomic mass is 15.0. The summed E-state index contributed by atoms with van der Waals surface area (Å²) >= 11 is 0. The van der Waals surface area contributed by atoms with E-state index in [2.05, 4.69) is 4.98 Å². The van der Waals surface area contributed by atoms with Crippen LogP contribution in [0.15, 0.2) is 30.6 Å². The third-order valence-electron chi connectivity index (χ3n) is 1.72. The third-order valence-corrected chi connectivity index (χ3v) is 1.72. The zero-order valence-electron chi connectivity index (χ0n) is 6.07. The highest BCUT2D eigenvalue weighted by Gasteiger charge is 1.95. The van der Waals surface area contributed by atoms with Gasteiger partial charge in [-0.05, 0) is 12.1 Å². The molecule has 2 rings (SSSR count). The van der Waals surface area contributed by atoms with Crippen molar-refractivity contribution < 1.29 is 0 Å². The molecule has 2 heterocycles. The zero-order valence-corrected chi connectivity index (χ0v) is 6.07. The van der Waals surface area contributed by atoms with E-state index in [1.54, 1.807) is 6.20 Å². The van der Waals surface area contributed by atoms with E-state index in [9.17, 15) is 0 Å². The summed E-state index contributed by atoms with van der Waals surface area (Å²) in [4.78, 5) is 4.13. The smallest absolute Gasteiger partial charge is 0.136 e. The second-order valence-corrected chi connectivity index (χ2v) is 2.38. The molecule has 3 heteroatoms. The van der Waals surface area contributed by atoms with Crippen molar-refractivity contribution in [3.05, 3.63) is 36.3 Å². The Morgan fingerprint density at radius 3 is 3.18 bits per heavy atom. The molecule has 0 aliphatic carbocycles. The van der Waals surface area contributed by atoms with Crippen LogP contribution in [0.2, 0.25) is 0 Å². The first-order valence-corrected chi connectivity index (χ1v) is 3.53. The first-order chi connectivity index (χ1) is 5.42. The fourth-order valence-electron chi connectivity index (χ4n) is 1.17. The van der Waals surface area contributed by atoms with Crippen molar-refractivity contribution in [2.24, 2.45) is 5.73 Å². The number of hydrogen-bond acceptors (Lipinski definition) is 2. The van der Waals surface area contributed by atoms with E-state index >= 15 is 0 Å². The highest BCUT2D eigenvalue weighted by Crippen LogP contribution is 2.03. The average molecular weight is 147 g/mol. The number of fused-ring (bicyclic) bond motifs is 1. The summed E-state index contributed by atoms with van der Waals surface area (Å²) < 4.78 is 1.99. The summed E-state index contributed by atoms with van der Waals surface area (Å²) in [6.45, 7) is 0.549. The standard InChI is InChI=1S/C8H9N3/c9-6-7-2-1-3-8-10-4-5-11(7)8/h1-5H,6,9H2. The van der Waals surface area contributed by atoms with Crippen molar-refractivity contribution in [3.8, 4) is 0 Å². The van der Waals surface area contributed by atoms with Crippen LogP contribution in [0.1, 0.15) is 5.69 Å². The van der Waals surface area contributed by atoms with Gasteiger partial charge in [-0.15, -0.1) is 0 Å². The van der Waals surface area contributed by atoms with Gasteiger partial charge in [0.1, 0.15) is 5.65 Å². The van der Waals surface area contributed by atoms with E-state index in [-0.39, 0.29) is 0 Å². The van der Waals surface area contributed by atoms with Crippen molar-refractivity contribution in [1.82, 2.24) is 9.38 Å². The van der Waals surface area contributed by atoms with E-state index in [4.69, 9.17) is 5.73 Å². The molecular weight excluding hydrogens is 138 g/mol. The zero-order chi connectivity index (χ0) is 7.68. The lowest BCUT2D eigenvalue weighted by Crippen LogP contribution is -2.02. The van der Waals surface area contributed by atoms with Crippen LogP contribution in [0, 0.1) is 0 Å². The number of aromatic nitrogens is 2. The first-order valence-electron chi connectivity index (χ1n) is 3.53. The number of rotatable bonds is 1. The van der Waals surface area contributed by atoms with Crippen molar-refractivity contribution >= 4 is 5.65 Å². The number of pyridine rings is 1. The van der Waals surface area contributed by atoms with Crippen molar-refractivity contribution in [2.75, 3.05) is 0 Å². The molecule has 3 nitrogen and oxygen atoms in total. The molecule has 0 amide bonds. The first kappa shape index (κ1) is 6.37. The lowest BCUT2D eigenvalue weighted by Gasteiger charge is -1.99. The monoisotopic (exact) mass is 147 g/mol. The Labute approximate surface area is 64.5 Å². The van der Waals surface area contributed by atoms with Crippen LogP contribution < -0.4 is 5.73 Å². The Hall–Kier alpha value is -1.35. The topological polar surface area (TPSA) is 43.3 Å². The molecule has 0 aromatic carbocycles. The van der Waals surface area contributed by atoms with Crippen LogP contribution in [-0.2, 0) is 6.54 Å². The Bertz CT molecular complexity index is 364. The quantitative estimate of drug-likeness (QED) is 0.648. The van der Waals surface area contributed by atoms with Crippen LogP contribution in [0.4, 0.5) is 0 Å². The second-order valence-electron chi connectivity index (χ2n) is 2.38. The van der Waals surface area contributed by atoms with Gasteiger partial charge in [0.25, 0.3) is 0 Å². The van der Waals surface area contributed by atoms with Gasteiger partial charge < -0.3 is 10.1 Å². The van der Waals surface area contributed by atoms with Crippen LogP contribution in [-0.4, -0.2) is 9.38 Å².